The zero-order valence-electron chi connectivity index (χ0n) is 25.2. The Morgan fingerprint density at radius 2 is 1.81 bits per heavy atom. The third-order valence-electron chi connectivity index (χ3n) is 11.2. The van der Waals surface area contributed by atoms with Crippen molar-refractivity contribution in [2.75, 3.05) is 0 Å². The molecule has 1 amide bonds. The molecule has 42 heavy (non-hydrogen) atoms. The van der Waals surface area contributed by atoms with Gasteiger partial charge in [-0.05, 0) is 103 Å². The summed E-state index contributed by atoms with van der Waals surface area (Å²) in [5, 5.41) is 2.77. The molecule has 2 saturated carbocycles. The van der Waals surface area contributed by atoms with Crippen LogP contribution in [0.25, 0.3) is 5.57 Å². The third kappa shape index (κ3) is 5.23. The number of pyridine rings is 1. The van der Waals surface area contributed by atoms with Crippen molar-refractivity contribution in [1.82, 2.24) is 10.3 Å². The van der Waals surface area contributed by atoms with Crippen LogP contribution in [0.4, 0.5) is 0 Å². The second-order valence-electron chi connectivity index (χ2n) is 13.6. The summed E-state index contributed by atoms with van der Waals surface area (Å²) in [6, 6.07) is 12.5. The summed E-state index contributed by atoms with van der Waals surface area (Å²) >= 11 is 0. The smallest absolute Gasteiger partial charge is 0.328 e. The number of nitrogens with two attached hydrogens (primary N) is 1. The number of aromatic nitrogens is 1. The van der Waals surface area contributed by atoms with Crippen LogP contribution in [0.15, 0.2) is 72.6 Å². The SMILES string of the molecule is C[C@H](NC(=O)[C@@H](N)Cc1ccccc1)C(=O)O[C@H]1CC[C@@]2(C)C(=CC[C@@H]3[C@@H]2CC[C@]2(C)C(c4cccnc4)=CC[C@@H]32)C1. The predicted octanol–water partition coefficient (Wildman–Crippen LogP) is 6.02. The third-order valence-corrected chi connectivity index (χ3v) is 11.2. The van der Waals surface area contributed by atoms with E-state index in [0.29, 0.717) is 24.2 Å². The molecule has 8 atom stereocenters. The molecule has 222 valence electrons. The average molecular weight is 568 g/mol. The van der Waals surface area contributed by atoms with Crippen LogP contribution in [0.5, 0.6) is 0 Å². The number of hydrogen-bond acceptors (Lipinski definition) is 5. The van der Waals surface area contributed by atoms with E-state index < -0.39 is 12.1 Å². The van der Waals surface area contributed by atoms with Crippen LogP contribution in [0.3, 0.4) is 0 Å². The van der Waals surface area contributed by atoms with Crippen LogP contribution in [-0.4, -0.2) is 35.0 Å². The summed E-state index contributed by atoms with van der Waals surface area (Å²) in [6.07, 6.45) is 16.5. The van der Waals surface area contributed by atoms with E-state index in [4.69, 9.17) is 10.5 Å². The first-order valence-electron chi connectivity index (χ1n) is 15.8. The van der Waals surface area contributed by atoms with Gasteiger partial charge >= 0.3 is 5.97 Å². The molecule has 0 spiro atoms. The first-order valence-corrected chi connectivity index (χ1v) is 15.8. The van der Waals surface area contributed by atoms with Crippen LogP contribution >= 0.6 is 0 Å². The van der Waals surface area contributed by atoms with E-state index in [1.54, 1.807) is 6.92 Å². The van der Waals surface area contributed by atoms with E-state index in [1.807, 2.05) is 42.7 Å². The number of esters is 1. The van der Waals surface area contributed by atoms with Gasteiger partial charge in [-0.2, -0.15) is 0 Å². The van der Waals surface area contributed by atoms with Gasteiger partial charge in [-0.1, -0.05) is 68.0 Å². The number of ether oxygens (including phenoxy) is 1. The lowest BCUT2D eigenvalue weighted by molar-refractivity contribution is -0.154. The van der Waals surface area contributed by atoms with Crippen molar-refractivity contribution in [3.8, 4) is 0 Å². The molecule has 0 unspecified atom stereocenters. The van der Waals surface area contributed by atoms with Gasteiger partial charge < -0.3 is 15.8 Å². The molecule has 6 heteroatoms. The molecule has 6 nitrogen and oxygen atoms in total. The lowest BCUT2D eigenvalue weighted by atomic mass is 9.47. The lowest BCUT2D eigenvalue weighted by Gasteiger charge is -2.57. The summed E-state index contributed by atoms with van der Waals surface area (Å²) in [5.41, 5.74) is 11.7. The largest absolute Gasteiger partial charge is 0.461 e. The topological polar surface area (TPSA) is 94.3 Å². The average Bonchev–Trinajstić information content (AvgIpc) is 3.35. The minimum Gasteiger partial charge on any atom is -0.461 e. The van der Waals surface area contributed by atoms with Crippen molar-refractivity contribution in [3.05, 3.63) is 83.7 Å². The number of nitrogens with one attached hydrogen (secondary N) is 1. The summed E-state index contributed by atoms with van der Waals surface area (Å²) in [5.74, 6) is 1.29. The molecule has 1 aromatic carbocycles. The maximum atomic E-state index is 13.0. The van der Waals surface area contributed by atoms with E-state index >= 15 is 0 Å². The van der Waals surface area contributed by atoms with Gasteiger partial charge in [0.2, 0.25) is 5.91 Å². The fourth-order valence-corrected chi connectivity index (χ4v) is 8.87. The van der Waals surface area contributed by atoms with Crippen LogP contribution in [-0.2, 0) is 20.7 Å². The van der Waals surface area contributed by atoms with Crippen molar-refractivity contribution in [3.63, 3.8) is 0 Å². The highest BCUT2D eigenvalue weighted by atomic mass is 16.5. The van der Waals surface area contributed by atoms with Crippen molar-refractivity contribution in [1.29, 1.82) is 0 Å². The number of carbonyl (C=O) groups excluding carboxylic acids is 2. The van der Waals surface area contributed by atoms with Gasteiger partial charge in [0.25, 0.3) is 0 Å². The molecule has 4 aliphatic rings. The number of amides is 1. The first-order chi connectivity index (χ1) is 20.2. The Morgan fingerprint density at radius 3 is 2.57 bits per heavy atom. The van der Waals surface area contributed by atoms with Gasteiger partial charge in [-0.15, -0.1) is 0 Å². The Hall–Kier alpha value is -3.25. The van der Waals surface area contributed by atoms with Gasteiger partial charge in [0, 0.05) is 18.8 Å². The number of rotatable bonds is 7. The Bertz CT molecular complexity index is 1370. The molecule has 6 rings (SSSR count). The number of carbonyl (C=O) groups is 2. The summed E-state index contributed by atoms with van der Waals surface area (Å²) in [4.78, 5) is 30.1. The van der Waals surface area contributed by atoms with E-state index in [-0.39, 0.29) is 28.8 Å². The normalized spacial score (nSPS) is 33.1. The molecular weight excluding hydrogens is 522 g/mol. The number of fused-ring (bicyclic) bond motifs is 5. The number of benzene rings is 1. The molecule has 1 heterocycles. The molecule has 3 N–H and O–H groups in total. The molecule has 2 fully saturated rings. The fraction of sp³-hybridized carbons (Fsp3) is 0.528. The summed E-state index contributed by atoms with van der Waals surface area (Å²) in [7, 11) is 0. The molecule has 4 aliphatic carbocycles. The van der Waals surface area contributed by atoms with Crippen LogP contribution in [0.1, 0.15) is 76.8 Å². The van der Waals surface area contributed by atoms with Gasteiger partial charge in [-0.3, -0.25) is 9.78 Å². The lowest BCUT2D eigenvalue weighted by Crippen LogP contribution is -2.51. The number of nitrogens with zero attached hydrogens (tertiary/aromatic N) is 1. The van der Waals surface area contributed by atoms with Crippen molar-refractivity contribution in [2.45, 2.75) is 90.3 Å². The predicted molar refractivity (Wildman–Crippen MR) is 165 cm³/mol. The molecule has 1 aromatic heterocycles. The Labute approximate surface area is 250 Å². The minimum atomic E-state index is -0.739. The standard InChI is InChI=1S/C36H45N3O3/c1-23(39-33(40)32(37)20-24-8-5-4-6-9-24)34(41)42-27-15-17-35(2)26(21-27)11-12-28-30-14-13-29(25-10-7-19-38-22-25)36(30,3)18-16-31(28)35/h4-11,13,19,22-23,27-28,30-32H,12,14-18,20-21,37H2,1-3H3,(H,39,40)/t23-,27-,28-,30-,31-,32-,35-,36+/m0/s1. The van der Waals surface area contributed by atoms with Crippen LogP contribution < -0.4 is 11.1 Å². The molecule has 0 radical (unpaired) electrons. The monoisotopic (exact) mass is 567 g/mol. The van der Waals surface area contributed by atoms with Crippen molar-refractivity contribution in [2.24, 2.45) is 34.3 Å². The summed E-state index contributed by atoms with van der Waals surface area (Å²) in [6.45, 7) is 6.64. The highest BCUT2D eigenvalue weighted by Gasteiger charge is 2.57. The number of hydrogen-bond donors (Lipinski definition) is 2. The quantitative estimate of drug-likeness (QED) is 0.315. The van der Waals surface area contributed by atoms with Gasteiger partial charge in [0.1, 0.15) is 12.1 Å². The number of allylic oxidation sites excluding steroid dienone is 3. The van der Waals surface area contributed by atoms with E-state index in [2.05, 4.69) is 48.4 Å². The molecule has 0 bridgehead atoms. The second-order valence-corrected chi connectivity index (χ2v) is 13.6. The summed E-state index contributed by atoms with van der Waals surface area (Å²) < 4.78 is 5.98. The molecule has 0 aliphatic heterocycles. The zero-order valence-corrected chi connectivity index (χ0v) is 25.2. The van der Waals surface area contributed by atoms with E-state index in [1.165, 1.54) is 29.6 Å². The van der Waals surface area contributed by atoms with Gasteiger partial charge in [-0.25, -0.2) is 4.79 Å². The maximum absolute atomic E-state index is 13.0. The molecular formula is C36H45N3O3. The first kappa shape index (κ1) is 28.9. The maximum Gasteiger partial charge on any atom is 0.328 e. The Kier molecular flexibility index (Phi) is 7.86. The minimum absolute atomic E-state index is 0.148. The van der Waals surface area contributed by atoms with E-state index in [9.17, 15) is 9.59 Å². The van der Waals surface area contributed by atoms with Crippen LogP contribution in [0.2, 0.25) is 0 Å². The van der Waals surface area contributed by atoms with Gasteiger partial charge in [0.05, 0.1) is 6.04 Å². The van der Waals surface area contributed by atoms with Crippen LogP contribution in [0, 0.1) is 28.6 Å². The Morgan fingerprint density at radius 1 is 1.02 bits per heavy atom. The van der Waals surface area contributed by atoms with Gasteiger partial charge in [0.15, 0.2) is 0 Å². The highest BCUT2D eigenvalue weighted by molar-refractivity contribution is 5.87. The van der Waals surface area contributed by atoms with Crippen molar-refractivity contribution < 1.29 is 14.3 Å². The second kappa shape index (κ2) is 11.4. The van der Waals surface area contributed by atoms with E-state index in [0.717, 1.165) is 37.7 Å². The molecule has 0 saturated heterocycles. The van der Waals surface area contributed by atoms with Crippen molar-refractivity contribution >= 4 is 17.4 Å². The zero-order chi connectivity index (χ0) is 29.5. The fourth-order valence-electron chi connectivity index (χ4n) is 8.87. The highest BCUT2D eigenvalue weighted by Crippen LogP contribution is 2.66. The molecule has 2 aromatic rings. The Balaban J connectivity index is 1.06.